The summed E-state index contributed by atoms with van der Waals surface area (Å²) in [5.74, 6) is -2.08. The van der Waals surface area contributed by atoms with Crippen LogP contribution in [0.1, 0.15) is 24.8 Å². The van der Waals surface area contributed by atoms with E-state index in [-0.39, 0.29) is 49.1 Å². The third-order valence-corrected chi connectivity index (χ3v) is 4.94. The summed E-state index contributed by atoms with van der Waals surface area (Å²) in [5.41, 5.74) is 6.26. The van der Waals surface area contributed by atoms with Gasteiger partial charge >= 0.3 is 0 Å². The molecule has 2 unspecified atom stereocenters. The van der Waals surface area contributed by atoms with Crippen molar-refractivity contribution in [1.29, 1.82) is 0 Å². The average molecular weight is 424 g/mol. The quantitative estimate of drug-likeness (QED) is 0.746. The van der Waals surface area contributed by atoms with Crippen LogP contribution < -0.4 is 11.1 Å². The van der Waals surface area contributed by atoms with Gasteiger partial charge in [-0.15, -0.1) is 12.4 Å². The van der Waals surface area contributed by atoms with E-state index in [9.17, 15) is 18.4 Å². The third-order valence-electron chi connectivity index (χ3n) is 4.94. The molecular weight excluding hydrogens is 400 g/mol. The van der Waals surface area contributed by atoms with Crippen molar-refractivity contribution in [3.63, 3.8) is 0 Å². The van der Waals surface area contributed by atoms with Crippen molar-refractivity contribution < 1.29 is 18.4 Å². The van der Waals surface area contributed by atoms with E-state index in [1.165, 1.54) is 29.2 Å². The molecule has 1 saturated carbocycles. The highest BCUT2D eigenvalue weighted by molar-refractivity contribution is 5.95. The second-order valence-electron chi connectivity index (χ2n) is 7.08. The molecule has 29 heavy (non-hydrogen) atoms. The molecule has 1 aliphatic carbocycles. The number of nitrogens with two attached hydrogens (primary N) is 1. The lowest BCUT2D eigenvalue weighted by atomic mass is 10.1. The molecule has 0 radical (unpaired) electrons. The molecule has 0 aromatic heterocycles. The summed E-state index contributed by atoms with van der Waals surface area (Å²) in [6, 6.07) is 11.9. The van der Waals surface area contributed by atoms with Crippen molar-refractivity contribution in [2.75, 3.05) is 11.9 Å². The van der Waals surface area contributed by atoms with Gasteiger partial charge in [0.1, 0.15) is 18.2 Å². The van der Waals surface area contributed by atoms with E-state index in [0.717, 1.165) is 6.42 Å². The summed E-state index contributed by atoms with van der Waals surface area (Å²) in [6.07, 6.45) is 1.93. The molecule has 2 atom stereocenters. The Labute approximate surface area is 174 Å². The van der Waals surface area contributed by atoms with Crippen LogP contribution in [0.5, 0.6) is 0 Å². The molecule has 1 fully saturated rings. The number of nitrogens with one attached hydrogen (secondary N) is 1. The van der Waals surface area contributed by atoms with Crippen molar-refractivity contribution >= 4 is 29.9 Å². The Hall–Kier alpha value is -2.51. The van der Waals surface area contributed by atoms with Crippen molar-refractivity contribution in [3.05, 3.63) is 65.7 Å². The van der Waals surface area contributed by atoms with Crippen LogP contribution in [0, 0.1) is 17.6 Å². The van der Waals surface area contributed by atoms with Crippen LogP contribution in [0.3, 0.4) is 0 Å². The molecule has 1 aliphatic rings. The SMILES string of the molecule is Cl.NC1CCC(C(=O)N(CC(=O)Nc2ccccc2F)Cc2ccccc2F)C1. The van der Waals surface area contributed by atoms with Crippen LogP contribution in [0.25, 0.3) is 0 Å². The van der Waals surface area contributed by atoms with Crippen molar-refractivity contribution in [2.45, 2.75) is 31.8 Å². The lowest BCUT2D eigenvalue weighted by molar-refractivity contribution is -0.138. The first-order valence-electron chi connectivity index (χ1n) is 9.26. The topological polar surface area (TPSA) is 75.4 Å². The Morgan fingerprint density at radius 2 is 1.69 bits per heavy atom. The maximum absolute atomic E-state index is 14.1. The molecule has 2 aromatic rings. The molecular formula is C21H24ClF2N3O2. The predicted molar refractivity (Wildman–Crippen MR) is 109 cm³/mol. The number of hydrogen-bond donors (Lipinski definition) is 2. The van der Waals surface area contributed by atoms with Crippen molar-refractivity contribution in [1.82, 2.24) is 4.90 Å². The molecule has 0 spiro atoms. The minimum absolute atomic E-state index is 0. The minimum atomic E-state index is -0.565. The predicted octanol–water partition coefficient (Wildman–Crippen LogP) is 3.48. The highest BCUT2D eigenvalue weighted by Crippen LogP contribution is 2.27. The van der Waals surface area contributed by atoms with Crippen LogP contribution in [0.15, 0.2) is 48.5 Å². The smallest absolute Gasteiger partial charge is 0.244 e. The zero-order valence-electron chi connectivity index (χ0n) is 15.8. The van der Waals surface area contributed by atoms with Gasteiger partial charge in [0.2, 0.25) is 11.8 Å². The van der Waals surface area contributed by atoms with E-state index >= 15 is 0 Å². The maximum atomic E-state index is 14.1. The average Bonchev–Trinajstić information content (AvgIpc) is 3.10. The summed E-state index contributed by atoms with van der Waals surface area (Å²) in [4.78, 5) is 26.7. The fourth-order valence-electron chi connectivity index (χ4n) is 3.47. The second kappa shape index (κ2) is 10.3. The number of carbonyl (C=O) groups is 2. The van der Waals surface area contributed by atoms with Crippen LogP contribution >= 0.6 is 12.4 Å². The van der Waals surface area contributed by atoms with E-state index in [0.29, 0.717) is 18.4 Å². The van der Waals surface area contributed by atoms with Gasteiger partial charge in [0.25, 0.3) is 0 Å². The number of amides is 2. The zero-order valence-corrected chi connectivity index (χ0v) is 16.6. The number of para-hydroxylation sites is 1. The molecule has 3 rings (SSSR count). The van der Waals surface area contributed by atoms with Crippen LogP contribution in [-0.4, -0.2) is 29.3 Å². The van der Waals surface area contributed by atoms with Gasteiger partial charge in [-0.3, -0.25) is 9.59 Å². The van der Waals surface area contributed by atoms with Crippen LogP contribution in [-0.2, 0) is 16.1 Å². The van der Waals surface area contributed by atoms with E-state index < -0.39 is 17.5 Å². The summed E-state index contributed by atoms with van der Waals surface area (Å²) < 4.78 is 27.9. The number of halogens is 3. The fourth-order valence-corrected chi connectivity index (χ4v) is 3.47. The van der Waals surface area contributed by atoms with E-state index in [2.05, 4.69) is 5.32 Å². The first-order valence-corrected chi connectivity index (χ1v) is 9.26. The normalized spacial score (nSPS) is 18.0. The largest absolute Gasteiger partial charge is 0.329 e. The van der Waals surface area contributed by atoms with Crippen LogP contribution in [0.4, 0.5) is 14.5 Å². The Morgan fingerprint density at radius 1 is 1.03 bits per heavy atom. The van der Waals surface area contributed by atoms with Crippen molar-refractivity contribution in [2.24, 2.45) is 11.7 Å². The molecule has 8 heteroatoms. The van der Waals surface area contributed by atoms with Gasteiger partial charge < -0.3 is 16.0 Å². The highest BCUT2D eigenvalue weighted by Gasteiger charge is 2.32. The Kier molecular flexibility index (Phi) is 8.10. The van der Waals surface area contributed by atoms with Gasteiger partial charge in [0.05, 0.1) is 5.69 Å². The standard InChI is InChI=1S/C21H23F2N3O2.ClH/c22-17-6-2-1-5-15(17)12-26(21(28)14-9-10-16(24)11-14)13-20(27)25-19-8-4-3-7-18(19)23;/h1-8,14,16H,9-13,24H2,(H,25,27);1H. The lowest BCUT2D eigenvalue weighted by Gasteiger charge is -2.25. The van der Waals surface area contributed by atoms with Crippen LogP contribution in [0.2, 0.25) is 0 Å². The Bertz CT molecular complexity index is 865. The molecule has 3 N–H and O–H groups in total. The summed E-state index contributed by atoms with van der Waals surface area (Å²) in [5, 5.41) is 2.47. The minimum Gasteiger partial charge on any atom is -0.329 e. The Balaban J connectivity index is 0.00000300. The summed E-state index contributed by atoms with van der Waals surface area (Å²) >= 11 is 0. The monoisotopic (exact) mass is 423 g/mol. The number of benzene rings is 2. The molecule has 156 valence electrons. The van der Waals surface area contributed by atoms with Gasteiger partial charge in [-0.05, 0) is 37.5 Å². The van der Waals surface area contributed by atoms with Crippen molar-refractivity contribution in [3.8, 4) is 0 Å². The molecule has 0 aliphatic heterocycles. The second-order valence-corrected chi connectivity index (χ2v) is 7.08. The van der Waals surface area contributed by atoms with E-state index in [1.54, 1.807) is 24.3 Å². The van der Waals surface area contributed by atoms with E-state index in [1.807, 2.05) is 0 Å². The molecule has 0 heterocycles. The number of hydrogen-bond acceptors (Lipinski definition) is 3. The first-order chi connectivity index (χ1) is 13.4. The van der Waals surface area contributed by atoms with E-state index in [4.69, 9.17) is 5.73 Å². The number of rotatable bonds is 6. The van der Waals surface area contributed by atoms with Gasteiger partial charge in [-0.25, -0.2) is 8.78 Å². The molecule has 0 bridgehead atoms. The number of carbonyl (C=O) groups excluding carboxylic acids is 2. The highest BCUT2D eigenvalue weighted by atomic mass is 35.5. The number of nitrogens with zero attached hydrogens (tertiary/aromatic N) is 1. The van der Waals surface area contributed by atoms with Gasteiger partial charge in [0.15, 0.2) is 0 Å². The summed E-state index contributed by atoms with van der Waals surface area (Å²) in [6.45, 7) is -0.338. The first kappa shape index (κ1) is 22.8. The Morgan fingerprint density at radius 3 is 2.31 bits per heavy atom. The third kappa shape index (κ3) is 5.98. The molecule has 5 nitrogen and oxygen atoms in total. The van der Waals surface area contributed by atoms with Gasteiger partial charge in [-0.1, -0.05) is 30.3 Å². The zero-order chi connectivity index (χ0) is 20.1. The molecule has 0 saturated heterocycles. The summed E-state index contributed by atoms with van der Waals surface area (Å²) in [7, 11) is 0. The van der Waals surface area contributed by atoms with Gasteiger partial charge in [-0.2, -0.15) is 0 Å². The fraction of sp³-hybridized carbons (Fsp3) is 0.333. The lowest BCUT2D eigenvalue weighted by Crippen LogP contribution is -2.41. The number of anilines is 1. The maximum Gasteiger partial charge on any atom is 0.244 e. The molecule has 2 amide bonds. The van der Waals surface area contributed by atoms with Gasteiger partial charge in [0, 0.05) is 24.1 Å². The molecule has 2 aromatic carbocycles.